The van der Waals surface area contributed by atoms with Gasteiger partial charge in [-0.05, 0) is 32.1 Å². The highest BCUT2D eigenvalue weighted by molar-refractivity contribution is 5.88. The zero-order valence-electron chi connectivity index (χ0n) is 14.8. The molecule has 0 rings (SSSR count). The van der Waals surface area contributed by atoms with Crippen molar-refractivity contribution in [3.05, 3.63) is 12.2 Å². The Morgan fingerprint density at radius 3 is 2.08 bits per heavy atom. The number of carboxylic acid groups (broad SMARTS) is 1. The normalized spacial score (nSPS) is 12.2. The molecule has 6 heteroatoms. The van der Waals surface area contributed by atoms with Gasteiger partial charge in [-0.2, -0.15) is 0 Å². The minimum atomic E-state index is -1.24. The number of primary amides is 1. The lowest BCUT2D eigenvalue weighted by Gasteiger charge is -2.12. The molecule has 0 aromatic rings. The quantitative estimate of drug-likeness (QED) is 0.314. The smallest absolute Gasteiger partial charge is 0.326 e. The molecule has 0 bridgehead atoms. The molecule has 0 saturated carbocycles. The van der Waals surface area contributed by atoms with Crippen LogP contribution in [0.25, 0.3) is 0 Å². The molecule has 0 heterocycles. The molecule has 0 aliphatic carbocycles. The molecule has 0 aromatic carbocycles. The molecule has 0 spiro atoms. The summed E-state index contributed by atoms with van der Waals surface area (Å²) in [7, 11) is 0. The van der Waals surface area contributed by atoms with Crippen molar-refractivity contribution in [3.63, 3.8) is 0 Å². The summed E-state index contributed by atoms with van der Waals surface area (Å²) in [6.45, 7) is 2.20. The van der Waals surface area contributed by atoms with Crippen molar-refractivity contribution in [2.24, 2.45) is 5.73 Å². The fraction of sp³-hybridized carbons (Fsp3) is 0.722. The second kappa shape index (κ2) is 14.7. The number of nitrogens with two attached hydrogens (primary N) is 1. The van der Waals surface area contributed by atoms with Crippen LogP contribution in [0.5, 0.6) is 0 Å². The average Bonchev–Trinajstić information content (AvgIpc) is 2.51. The first-order valence-corrected chi connectivity index (χ1v) is 8.92. The van der Waals surface area contributed by atoms with E-state index in [1.54, 1.807) is 0 Å². The van der Waals surface area contributed by atoms with E-state index in [1.165, 1.54) is 25.7 Å². The lowest BCUT2D eigenvalue weighted by atomic mass is 10.1. The van der Waals surface area contributed by atoms with Crippen molar-refractivity contribution in [2.75, 3.05) is 0 Å². The second-order valence-electron chi connectivity index (χ2n) is 6.05. The summed E-state index contributed by atoms with van der Waals surface area (Å²) in [5.41, 5.74) is 4.96. The maximum Gasteiger partial charge on any atom is 0.326 e. The largest absolute Gasteiger partial charge is 0.480 e. The van der Waals surface area contributed by atoms with Gasteiger partial charge in [0.1, 0.15) is 6.04 Å². The minimum absolute atomic E-state index is 0.267. The number of amides is 2. The lowest BCUT2D eigenvalue weighted by Crippen LogP contribution is -2.43. The fourth-order valence-electron chi connectivity index (χ4n) is 2.32. The molecule has 2 amide bonds. The van der Waals surface area contributed by atoms with Crippen molar-refractivity contribution in [3.8, 4) is 0 Å². The maximum absolute atomic E-state index is 11.7. The molecular formula is C18H32N2O4. The van der Waals surface area contributed by atoms with Crippen molar-refractivity contribution in [1.82, 2.24) is 5.32 Å². The minimum Gasteiger partial charge on any atom is -0.480 e. The predicted molar refractivity (Wildman–Crippen MR) is 94.4 cm³/mol. The summed E-state index contributed by atoms with van der Waals surface area (Å²) in [4.78, 5) is 33.3. The molecule has 4 N–H and O–H groups in total. The van der Waals surface area contributed by atoms with E-state index in [9.17, 15) is 14.4 Å². The lowest BCUT2D eigenvalue weighted by molar-refractivity contribution is -0.143. The van der Waals surface area contributed by atoms with E-state index < -0.39 is 17.9 Å². The van der Waals surface area contributed by atoms with Crippen LogP contribution in [0.15, 0.2) is 12.2 Å². The van der Waals surface area contributed by atoms with Gasteiger partial charge in [-0.1, -0.05) is 44.8 Å². The Morgan fingerprint density at radius 2 is 1.58 bits per heavy atom. The van der Waals surface area contributed by atoms with E-state index in [-0.39, 0.29) is 18.7 Å². The number of carbonyl (C=O) groups is 3. The van der Waals surface area contributed by atoms with Gasteiger partial charge in [0.05, 0.1) is 6.42 Å². The molecule has 1 atom stereocenters. The first kappa shape index (κ1) is 22.1. The van der Waals surface area contributed by atoms with Gasteiger partial charge in [-0.15, -0.1) is 0 Å². The highest BCUT2D eigenvalue weighted by atomic mass is 16.4. The molecule has 1 unspecified atom stereocenters. The number of unbranched alkanes of at least 4 members (excludes halogenated alkanes) is 7. The van der Waals surface area contributed by atoms with Crippen LogP contribution in [0, 0.1) is 0 Å². The van der Waals surface area contributed by atoms with Crippen LogP contribution < -0.4 is 11.1 Å². The van der Waals surface area contributed by atoms with Gasteiger partial charge < -0.3 is 16.2 Å². The van der Waals surface area contributed by atoms with Crippen molar-refractivity contribution in [2.45, 2.75) is 83.6 Å². The van der Waals surface area contributed by atoms with Gasteiger partial charge in [-0.3, -0.25) is 9.59 Å². The zero-order valence-corrected chi connectivity index (χ0v) is 14.8. The van der Waals surface area contributed by atoms with Crippen molar-refractivity contribution in [1.29, 1.82) is 0 Å². The van der Waals surface area contributed by atoms with E-state index >= 15 is 0 Å². The van der Waals surface area contributed by atoms with Crippen LogP contribution in [-0.2, 0) is 14.4 Å². The number of hydrogen-bond acceptors (Lipinski definition) is 3. The average molecular weight is 340 g/mol. The Morgan fingerprint density at radius 1 is 1.00 bits per heavy atom. The summed E-state index contributed by atoms with van der Waals surface area (Å²) < 4.78 is 0. The summed E-state index contributed by atoms with van der Waals surface area (Å²) in [5.74, 6) is -2.34. The van der Waals surface area contributed by atoms with Crippen LogP contribution in [0.3, 0.4) is 0 Å². The van der Waals surface area contributed by atoms with Gasteiger partial charge in [0.15, 0.2) is 0 Å². The Hall–Kier alpha value is -1.85. The molecule has 6 nitrogen and oxygen atoms in total. The van der Waals surface area contributed by atoms with Crippen LogP contribution in [-0.4, -0.2) is 28.9 Å². The third kappa shape index (κ3) is 13.8. The SMILES string of the molecule is CCCCCCC=CCCCCCC(=O)NC(CC(N)=O)C(=O)O. The molecule has 0 aliphatic heterocycles. The Bertz CT molecular complexity index is 408. The van der Waals surface area contributed by atoms with E-state index in [1.807, 2.05) is 0 Å². The highest BCUT2D eigenvalue weighted by Crippen LogP contribution is 2.07. The van der Waals surface area contributed by atoms with Gasteiger partial charge in [0, 0.05) is 6.42 Å². The van der Waals surface area contributed by atoms with Gasteiger partial charge in [0.25, 0.3) is 0 Å². The van der Waals surface area contributed by atoms with Crippen LogP contribution >= 0.6 is 0 Å². The van der Waals surface area contributed by atoms with E-state index in [2.05, 4.69) is 24.4 Å². The third-order valence-corrected chi connectivity index (χ3v) is 3.70. The van der Waals surface area contributed by atoms with Gasteiger partial charge in [-0.25, -0.2) is 4.79 Å². The standard InChI is InChI=1S/C18H32N2O4/c1-2-3-4-5-6-7-8-9-10-11-12-13-17(22)20-15(18(23)24)14-16(19)21/h7-8,15H,2-6,9-14H2,1H3,(H2,19,21)(H,20,22)(H,23,24). The Kier molecular flexibility index (Phi) is 13.6. The summed E-state index contributed by atoms with van der Waals surface area (Å²) in [6.07, 6.45) is 14.2. The fourth-order valence-corrected chi connectivity index (χ4v) is 2.32. The monoisotopic (exact) mass is 340 g/mol. The first-order valence-electron chi connectivity index (χ1n) is 8.92. The molecule has 0 aromatic heterocycles. The number of carbonyl (C=O) groups excluding carboxylic acids is 2. The number of allylic oxidation sites excluding steroid dienone is 2. The topological polar surface area (TPSA) is 109 Å². The Labute approximate surface area is 144 Å². The maximum atomic E-state index is 11.7. The first-order chi connectivity index (χ1) is 11.5. The molecule has 138 valence electrons. The predicted octanol–water partition coefficient (Wildman–Crippen LogP) is 2.91. The molecule has 24 heavy (non-hydrogen) atoms. The van der Waals surface area contributed by atoms with Gasteiger partial charge >= 0.3 is 5.97 Å². The van der Waals surface area contributed by atoms with Crippen LogP contribution in [0.2, 0.25) is 0 Å². The van der Waals surface area contributed by atoms with E-state index in [0.717, 1.165) is 25.7 Å². The van der Waals surface area contributed by atoms with E-state index in [0.29, 0.717) is 6.42 Å². The third-order valence-electron chi connectivity index (χ3n) is 3.70. The van der Waals surface area contributed by atoms with Crippen LogP contribution in [0.4, 0.5) is 0 Å². The number of aliphatic carboxylic acids is 1. The van der Waals surface area contributed by atoms with Crippen molar-refractivity contribution < 1.29 is 19.5 Å². The number of rotatable bonds is 15. The highest BCUT2D eigenvalue weighted by Gasteiger charge is 2.21. The zero-order chi connectivity index (χ0) is 18.2. The van der Waals surface area contributed by atoms with E-state index in [4.69, 9.17) is 10.8 Å². The summed E-state index contributed by atoms with van der Waals surface area (Å²) in [5, 5.41) is 11.2. The van der Waals surface area contributed by atoms with Crippen molar-refractivity contribution >= 4 is 17.8 Å². The number of hydrogen-bond donors (Lipinski definition) is 3. The second-order valence-corrected chi connectivity index (χ2v) is 6.05. The molecule has 0 saturated heterocycles. The summed E-state index contributed by atoms with van der Waals surface area (Å²) in [6, 6.07) is -1.23. The van der Waals surface area contributed by atoms with Gasteiger partial charge in [0.2, 0.25) is 11.8 Å². The summed E-state index contributed by atoms with van der Waals surface area (Å²) >= 11 is 0. The molecular weight excluding hydrogens is 308 g/mol. The molecule has 0 fully saturated rings. The Balaban J connectivity index is 3.65. The number of nitrogens with one attached hydrogen (secondary N) is 1. The number of carboxylic acids is 1. The molecule has 0 radical (unpaired) electrons. The molecule has 0 aliphatic rings. The van der Waals surface area contributed by atoms with Crippen LogP contribution in [0.1, 0.15) is 77.6 Å².